The summed E-state index contributed by atoms with van der Waals surface area (Å²) in [6.07, 6.45) is 6.36. The molecule has 0 unspecified atom stereocenters. The second-order valence-electron chi connectivity index (χ2n) is 6.04. The molecule has 0 saturated heterocycles. The summed E-state index contributed by atoms with van der Waals surface area (Å²) in [5.74, 6) is 1.67. The largest absolute Gasteiger partial charge is 0.476 e. The van der Waals surface area contributed by atoms with Crippen molar-refractivity contribution in [1.82, 2.24) is 9.97 Å². The summed E-state index contributed by atoms with van der Waals surface area (Å²) in [4.78, 5) is 8.28. The third kappa shape index (κ3) is 3.75. The number of nitrogens with zero attached hydrogens (tertiary/aromatic N) is 2. The van der Waals surface area contributed by atoms with Crippen molar-refractivity contribution in [1.29, 1.82) is 0 Å². The molecule has 0 spiro atoms. The minimum atomic E-state index is -0.336. The van der Waals surface area contributed by atoms with Crippen LogP contribution < -0.4 is 15.8 Å². The molecule has 0 amide bonds. The van der Waals surface area contributed by atoms with Crippen LogP contribution in [-0.4, -0.2) is 33.8 Å². The molecule has 1 saturated carbocycles. The van der Waals surface area contributed by atoms with Crippen molar-refractivity contribution in [3.05, 3.63) is 6.33 Å². The van der Waals surface area contributed by atoms with E-state index in [1.165, 1.54) is 6.33 Å². The van der Waals surface area contributed by atoms with Gasteiger partial charge in [0.2, 0.25) is 5.88 Å². The van der Waals surface area contributed by atoms with E-state index in [-0.39, 0.29) is 12.1 Å². The number of anilines is 2. The van der Waals surface area contributed by atoms with Gasteiger partial charge in [0.05, 0.1) is 18.8 Å². The van der Waals surface area contributed by atoms with Crippen LogP contribution in [0.4, 0.5) is 11.5 Å². The molecule has 0 atom stereocenters. The first-order valence-electron chi connectivity index (χ1n) is 7.72. The lowest BCUT2D eigenvalue weighted by molar-refractivity contribution is 0.155. The Balaban J connectivity index is 2.14. The van der Waals surface area contributed by atoms with Gasteiger partial charge >= 0.3 is 0 Å². The van der Waals surface area contributed by atoms with Gasteiger partial charge in [0.15, 0.2) is 5.82 Å². The highest BCUT2D eigenvalue weighted by molar-refractivity contribution is 5.67. The van der Waals surface area contributed by atoms with Crippen molar-refractivity contribution in [2.75, 3.05) is 24.3 Å². The Morgan fingerprint density at radius 1 is 1.43 bits per heavy atom. The van der Waals surface area contributed by atoms with Crippen LogP contribution in [0.5, 0.6) is 5.88 Å². The van der Waals surface area contributed by atoms with Gasteiger partial charge in [0.25, 0.3) is 0 Å². The fourth-order valence-corrected chi connectivity index (χ4v) is 2.68. The predicted molar refractivity (Wildman–Crippen MR) is 83.3 cm³/mol. The molecule has 0 radical (unpaired) electrons. The van der Waals surface area contributed by atoms with Gasteiger partial charge in [-0.1, -0.05) is 13.8 Å². The molecular weight excluding hydrogens is 268 g/mol. The van der Waals surface area contributed by atoms with E-state index in [4.69, 9.17) is 10.5 Å². The molecule has 118 valence electrons. The molecule has 1 fully saturated rings. The van der Waals surface area contributed by atoms with Crippen LogP contribution in [-0.2, 0) is 0 Å². The molecule has 1 aliphatic carbocycles. The zero-order valence-electron chi connectivity index (χ0n) is 12.9. The van der Waals surface area contributed by atoms with Crippen LogP contribution >= 0.6 is 0 Å². The highest BCUT2D eigenvalue weighted by Gasteiger charge is 2.34. The molecule has 6 nitrogen and oxygen atoms in total. The number of aliphatic hydroxyl groups is 1. The summed E-state index contributed by atoms with van der Waals surface area (Å²) in [5, 5.41) is 13.2. The lowest BCUT2D eigenvalue weighted by Gasteiger charge is -2.39. The first-order valence-corrected chi connectivity index (χ1v) is 7.72. The average Bonchev–Trinajstić information content (AvgIpc) is 2.51. The van der Waals surface area contributed by atoms with E-state index in [0.717, 1.165) is 32.1 Å². The fourth-order valence-electron chi connectivity index (χ4n) is 2.68. The number of rotatable bonds is 6. The Labute approximate surface area is 126 Å². The molecular formula is C15H26N4O2. The molecule has 21 heavy (non-hydrogen) atoms. The van der Waals surface area contributed by atoms with Gasteiger partial charge < -0.3 is 20.9 Å². The third-order valence-electron chi connectivity index (χ3n) is 4.21. The number of nitrogens with two attached hydrogens (primary N) is 1. The normalized spacial score (nSPS) is 25.6. The maximum absolute atomic E-state index is 9.81. The summed E-state index contributed by atoms with van der Waals surface area (Å²) >= 11 is 0. The van der Waals surface area contributed by atoms with Crippen LogP contribution in [0, 0.1) is 5.92 Å². The summed E-state index contributed by atoms with van der Waals surface area (Å²) in [6.45, 7) is 4.93. The highest BCUT2D eigenvalue weighted by atomic mass is 16.5. The Bertz CT molecular complexity index is 459. The topological polar surface area (TPSA) is 93.3 Å². The number of ether oxygens (including phenoxy) is 1. The van der Waals surface area contributed by atoms with Crippen molar-refractivity contribution < 1.29 is 9.84 Å². The molecule has 1 aliphatic rings. The van der Waals surface area contributed by atoms with E-state index in [0.29, 0.717) is 29.9 Å². The second kappa shape index (κ2) is 6.93. The van der Waals surface area contributed by atoms with Crippen LogP contribution in [0.3, 0.4) is 0 Å². The van der Waals surface area contributed by atoms with Crippen molar-refractivity contribution in [2.24, 2.45) is 5.92 Å². The smallest absolute Gasteiger partial charge is 0.242 e. The molecule has 1 heterocycles. The number of nitrogens with one attached hydrogen (secondary N) is 1. The SMILES string of the molecule is CCCOc1ncnc(NC2(CO)CCC(C)CC2)c1N. The van der Waals surface area contributed by atoms with E-state index < -0.39 is 0 Å². The number of nitrogen functional groups attached to an aromatic ring is 1. The van der Waals surface area contributed by atoms with Gasteiger partial charge in [-0.3, -0.25) is 0 Å². The van der Waals surface area contributed by atoms with Crippen molar-refractivity contribution in [3.63, 3.8) is 0 Å². The quantitative estimate of drug-likeness (QED) is 0.744. The molecule has 2 rings (SSSR count). The predicted octanol–water partition coefficient (Wildman–Crippen LogP) is 2.20. The number of aliphatic hydroxyl groups excluding tert-OH is 1. The van der Waals surface area contributed by atoms with Crippen LogP contribution in [0.2, 0.25) is 0 Å². The van der Waals surface area contributed by atoms with Crippen molar-refractivity contribution in [2.45, 2.75) is 51.5 Å². The molecule has 4 N–H and O–H groups in total. The van der Waals surface area contributed by atoms with Gasteiger partial charge in [0, 0.05) is 0 Å². The summed E-state index contributed by atoms with van der Waals surface area (Å²) in [7, 11) is 0. The number of hydrogen-bond donors (Lipinski definition) is 3. The lowest BCUT2D eigenvalue weighted by atomic mass is 9.77. The van der Waals surface area contributed by atoms with Gasteiger partial charge in [-0.05, 0) is 38.0 Å². The maximum Gasteiger partial charge on any atom is 0.242 e. The van der Waals surface area contributed by atoms with Gasteiger partial charge in [-0.15, -0.1) is 0 Å². The Morgan fingerprint density at radius 3 is 2.76 bits per heavy atom. The third-order valence-corrected chi connectivity index (χ3v) is 4.21. The maximum atomic E-state index is 9.81. The van der Waals surface area contributed by atoms with E-state index in [1.54, 1.807) is 0 Å². The van der Waals surface area contributed by atoms with Crippen molar-refractivity contribution >= 4 is 11.5 Å². The van der Waals surface area contributed by atoms with Crippen molar-refractivity contribution in [3.8, 4) is 5.88 Å². The molecule has 6 heteroatoms. The van der Waals surface area contributed by atoms with E-state index in [9.17, 15) is 5.11 Å². The number of aromatic nitrogens is 2. The Kier molecular flexibility index (Phi) is 5.22. The summed E-state index contributed by atoms with van der Waals surface area (Å²) < 4.78 is 5.52. The Hall–Kier alpha value is -1.56. The molecule has 1 aromatic rings. The lowest BCUT2D eigenvalue weighted by Crippen LogP contribution is -2.45. The molecule has 0 aromatic carbocycles. The zero-order chi connectivity index (χ0) is 15.3. The highest BCUT2D eigenvalue weighted by Crippen LogP contribution is 2.36. The van der Waals surface area contributed by atoms with Gasteiger partial charge in [-0.2, -0.15) is 4.98 Å². The standard InChI is InChI=1S/C15H26N4O2/c1-3-8-21-14-12(16)13(17-10-18-14)19-15(9-20)6-4-11(2)5-7-15/h10-11,20H,3-9,16H2,1-2H3,(H,17,18,19). The zero-order valence-corrected chi connectivity index (χ0v) is 12.9. The first-order chi connectivity index (χ1) is 10.1. The van der Waals surface area contributed by atoms with E-state index in [1.807, 2.05) is 6.92 Å². The second-order valence-corrected chi connectivity index (χ2v) is 6.04. The van der Waals surface area contributed by atoms with Crippen LogP contribution in [0.1, 0.15) is 46.0 Å². The summed E-state index contributed by atoms with van der Waals surface area (Å²) in [5.41, 5.74) is 6.17. The van der Waals surface area contributed by atoms with Crippen LogP contribution in [0.25, 0.3) is 0 Å². The minimum absolute atomic E-state index is 0.0777. The molecule has 0 aliphatic heterocycles. The van der Waals surface area contributed by atoms with E-state index >= 15 is 0 Å². The van der Waals surface area contributed by atoms with E-state index in [2.05, 4.69) is 22.2 Å². The van der Waals surface area contributed by atoms with Crippen LogP contribution in [0.15, 0.2) is 6.33 Å². The molecule has 0 bridgehead atoms. The molecule has 1 aromatic heterocycles. The first kappa shape index (κ1) is 15.8. The van der Waals surface area contributed by atoms with Gasteiger partial charge in [-0.25, -0.2) is 4.98 Å². The minimum Gasteiger partial charge on any atom is -0.476 e. The fraction of sp³-hybridized carbons (Fsp3) is 0.733. The monoisotopic (exact) mass is 294 g/mol. The van der Waals surface area contributed by atoms with Gasteiger partial charge in [0.1, 0.15) is 12.0 Å². The summed E-state index contributed by atoms with van der Waals surface area (Å²) in [6, 6.07) is 0. The Morgan fingerprint density at radius 2 is 2.14 bits per heavy atom. The number of hydrogen-bond acceptors (Lipinski definition) is 6. The average molecular weight is 294 g/mol.